The van der Waals surface area contributed by atoms with Crippen LogP contribution in [0.1, 0.15) is 26.3 Å². The number of hydrogen-bond donors (Lipinski definition) is 1. The van der Waals surface area contributed by atoms with Crippen molar-refractivity contribution in [3.8, 4) is 0 Å². The van der Waals surface area contributed by atoms with Crippen LogP contribution in [0, 0.1) is 5.41 Å². The van der Waals surface area contributed by atoms with Gasteiger partial charge in [-0.2, -0.15) is 0 Å². The largest absolute Gasteiger partial charge is 0.352 e. The molecule has 88 valence electrons. The molecule has 0 spiro atoms. The Morgan fingerprint density at radius 1 is 1.31 bits per heavy atom. The van der Waals surface area contributed by atoms with Crippen LogP contribution in [0.5, 0.6) is 0 Å². The summed E-state index contributed by atoms with van der Waals surface area (Å²) < 4.78 is 0. The summed E-state index contributed by atoms with van der Waals surface area (Å²) in [5, 5.41) is 2.96. The van der Waals surface area contributed by atoms with Crippen molar-refractivity contribution in [2.24, 2.45) is 5.41 Å². The van der Waals surface area contributed by atoms with Gasteiger partial charge in [0.05, 0.1) is 0 Å². The summed E-state index contributed by atoms with van der Waals surface area (Å²) in [7, 11) is 0. The molecular weight excluding hydrogens is 218 g/mol. The zero-order chi connectivity index (χ0) is 12.2. The molecule has 1 aromatic carbocycles. The van der Waals surface area contributed by atoms with E-state index in [1.54, 1.807) is 11.8 Å². The third kappa shape index (κ3) is 3.56. The maximum Gasteiger partial charge on any atom is 0.225 e. The molecule has 0 aromatic heterocycles. The maximum absolute atomic E-state index is 11.7. The molecule has 0 heterocycles. The summed E-state index contributed by atoms with van der Waals surface area (Å²) in [6.07, 6.45) is 2.05. The molecule has 0 saturated carbocycles. The number of amides is 1. The van der Waals surface area contributed by atoms with Crippen LogP contribution in [0.4, 0.5) is 0 Å². The lowest BCUT2D eigenvalue weighted by Crippen LogP contribution is -2.34. The third-order valence-electron chi connectivity index (χ3n) is 2.31. The lowest BCUT2D eigenvalue weighted by molar-refractivity contribution is -0.128. The topological polar surface area (TPSA) is 29.1 Å². The Kier molecular flexibility index (Phi) is 4.42. The monoisotopic (exact) mass is 237 g/mol. The number of nitrogens with one attached hydrogen (secondary N) is 1. The molecule has 1 rings (SSSR count). The number of thioether (sulfide) groups is 1. The zero-order valence-electron chi connectivity index (χ0n) is 10.3. The highest BCUT2D eigenvalue weighted by Gasteiger charge is 2.20. The highest BCUT2D eigenvalue weighted by Crippen LogP contribution is 2.20. The molecule has 0 bridgehead atoms. The molecule has 0 radical (unpaired) electrons. The Labute approximate surface area is 102 Å². The fourth-order valence-electron chi connectivity index (χ4n) is 1.29. The number of hydrogen-bond acceptors (Lipinski definition) is 2. The van der Waals surface area contributed by atoms with E-state index in [2.05, 4.69) is 17.4 Å². The molecule has 0 unspecified atom stereocenters. The molecule has 0 aliphatic heterocycles. The fourth-order valence-corrected chi connectivity index (χ4v) is 1.91. The third-order valence-corrected chi connectivity index (χ3v) is 3.15. The van der Waals surface area contributed by atoms with Crippen LogP contribution in [0.2, 0.25) is 0 Å². The minimum absolute atomic E-state index is 0.0865. The van der Waals surface area contributed by atoms with Crippen LogP contribution in [0.15, 0.2) is 29.2 Å². The van der Waals surface area contributed by atoms with Crippen molar-refractivity contribution in [3.05, 3.63) is 29.8 Å². The number of carbonyl (C=O) groups is 1. The summed E-state index contributed by atoms with van der Waals surface area (Å²) in [5.41, 5.74) is 0.849. The Bertz CT molecular complexity index is 368. The van der Waals surface area contributed by atoms with Crippen molar-refractivity contribution >= 4 is 17.7 Å². The second kappa shape index (κ2) is 5.39. The molecule has 0 aliphatic carbocycles. The predicted molar refractivity (Wildman–Crippen MR) is 69.5 cm³/mol. The molecule has 3 heteroatoms. The van der Waals surface area contributed by atoms with Gasteiger partial charge in [-0.3, -0.25) is 4.79 Å². The molecular formula is C13H19NOS. The van der Waals surface area contributed by atoms with Gasteiger partial charge < -0.3 is 5.32 Å². The normalized spacial score (nSPS) is 11.2. The molecule has 1 aromatic rings. The van der Waals surface area contributed by atoms with Crippen molar-refractivity contribution in [2.75, 3.05) is 6.26 Å². The standard InChI is InChI=1S/C13H19NOS/c1-13(2,3)12(15)14-9-10-7-5-6-8-11(10)16-4/h5-8H,9H2,1-4H3,(H,14,15). The zero-order valence-corrected chi connectivity index (χ0v) is 11.1. The molecule has 0 aliphatic rings. The molecule has 0 atom stereocenters. The number of benzene rings is 1. The van der Waals surface area contributed by atoms with Gasteiger partial charge in [-0.05, 0) is 17.9 Å². The van der Waals surface area contributed by atoms with Gasteiger partial charge in [0.15, 0.2) is 0 Å². The van der Waals surface area contributed by atoms with Crippen molar-refractivity contribution < 1.29 is 4.79 Å². The smallest absolute Gasteiger partial charge is 0.225 e. The SMILES string of the molecule is CSc1ccccc1CNC(=O)C(C)(C)C. The first-order valence-corrected chi connectivity index (χ1v) is 6.58. The first-order valence-electron chi connectivity index (χ1n) is 5.35. The quantitative estimate of drug-likeness (QED) is 0.819. The molecule has 0 saturated heterocycles. The van der Waals surface area contributed by atoms with E-state index in [1.165, 1.54) is 10.5 Å². The van der Waals surface area contributed by atoms with Crippen LogP contribution in [0.25, 0.3) is 0 Å². The molecule has 2 nitrogen and oxygen atoms in total. The van der Waals surface area contributed by atoms with Gasteiger partial charge in [-0.15, -0.1) is 11.8 Å². The molecule has 1 N–H and O–H groups in total. The Morgan fingerprint density at radius 2 is 1.94 bits per heavy atom. The average molecular weight is 237 g/mol. The number of carbonyl (C=O) groups excluding carboxylic acids is 1. The van der Waals surface area contributed by atoms with Crippen LogP contribution in [0.3, 0.4) is 0 Å². The lowest BCUT2D eigenvalue weighted by atomic mass is 9.95. The minimum Gasteiger partial charge on any atom is -0.352 e. The predicted octanol–water partition coefficient (Wildman–Crippen LogP) is 3.07. The van der Waals surface area contributed by atoms with Gasteiger partial charge in [-0.25, -0.2) is 0 Å². The van der Waals surface area contributed by atoms with E-state index >= 15 is 0 Å². The van der Waals surface area contributed by atoms with Gasteiger partial charge in [0, 0.05) is 16.9 Å². The highest BCUT2D eigenvalue weighted by atomic mass is 32.2. The van der Waals surface area contributed by atoms with E-state index in [4.69, 9.17) is 0 Å². The second-order valence-electron chi connectivity index (χ2n) is 4.74. The highest BCUT2D eigenvalue weighted by molar-refractivity contribution is 7.98. The van der Waals surface area contributed by atoms with Gasteiger partial charge in [0.25, 0.3) is 0 Å². The van der Waals surface area contributed by atoms with E-state index in [0.29, 0.717) is 6.54 Å². The lowest BCUT2D eigenvalue weighted by Gasteiger charge is -2.18. The van der Waals surface area contributed by atoms with Gasteiger partial charge in [0.1, 0.15) is 0 Å². The summed E-state index contributed by atoms with van der Waals surface area (Å²) in [6.45, 7) is 6.36. The molecule has 16 heavy (non-hydrogen) atoms. The van der Waals surface area contributed by atoms with E-state index in [9.17, 15) is 4.79 Å². The van der Waals surface area contributed by atoms with E-state index < -0.39 is 0 Å². The van der Waals surface area contributed by atoms with Crippen LogP contribution < -0.4 is 5.32 Å². The second-order valence-corrected chi connectivity index (χ2v) is 5.59. The first-order chi connectivity index (χ1) is 7.45. The summed E-state index contributed by atoms with van der Waals surface area (Å²) in [4.78, 5) is 12.9. The Balaban J connectivity index is 2.65. The molecule has 0 fully saturated rings. The Morgan fingerprint density at radius 3 is 2.50 bits per heavy atom. The molecule has 1 amide bonds. The van der Waals surface area contributed by atoms with Crippen molar-refractivity contribution in [1.82, 2.24) is 5.32 Å². The summed E-state index contributed by atoms with van der Waals surface area (Å²) >= 11 is 1.70. The average Bonchev–Trinajstić information content (AvgIpc) is 2.24. The van der Waals surface area contributed by atoms with Crippen molar-refractivity contribution in [2.45, 2.75) is 32.2 Å². The summed E-state index contributed by atoms with van der Waals surface area (Å²) in [5.74, 6) is 0.0865. The first kappa shape index (κ1) is 13.1. The van der Waals surface area contributed by atoms with Crippen molar-refractivity contribution in [3.63, 3.8) is 0 Å². The maximum atomic E-state index is 11.7. The Hall–Kier alpha value is -0.960. The van der Waals surface area contributed by atoms with Crippen LogP contribution in [-0.4, -0.2) is 12.2 Å². The van der Waals surface area contributed by atoms with Gasteiger partial charge >= 0.3 is 0 Å². The minimum atomic E-state index is -0.325. The van der Waals surface area contributed by atoms with E-state index in [1.807, 2.05) is 39.2 Å². The van der Waals surface area contributed by atoms with Gasteiger partial charge in [0.2, 0.25) is 5.91 Å². The number of rotatable bonds is 3. The fraction of sp³-hybridized carbons (Fsp3) is 0.462. The van der Waals surface area contributed by atoms with Crippen LogP contribution >= 0.6 is 11.8 Å². The van der Waals surface area contributed by atoms with Gasteiger partial charge in [-0.1, -0.05) is 39.0 Å². The summed E-state index contributed by atoms with van der Waals surface area (Å²) in [6, 6.07) is 8.14. The van der Waals surface area contributed by atoms with E-state index in [-0.39, 0.29) is 11.3 Å². The van der Waals surface area contributed by atoms with Crippen molar-refractivity contribution in [1.29, 1.82) is 0 Å². The van der Waals surface area contributed by atoms with Crippen LogP contribution in [-0.2, 0) is 11.3 Å². The van der Waals surface area contributed by atoms with E-state index in [0.717, 1.165) is 0 Å².